The minimum absolute atomic E-state index is 0.0755. The zero-order valence-electron chi connectivity index (χ0n) is 25.9. The first-order valence-electron chi connectivity index (χ1n) is 16.3. The van der Waals surface area contributed by atoms with Crippen molar-refractivity contribution in [2.45, 2.75) is 126 Å². The molecule has 6 aliphatic rings. The van der Waals surface area contributed by atoms with Gasteiger partial charge in [0.2, 0.25) is 0 Å². The first-order valence-corrected chi connectivity index (χ1v) is 16.3. The molecule has 0 spiro atoms. The largest absolute Gasteiger partial charge is 0.396 e. The normalized spacial score (nSPS) is 45.2. The summed E-state index contributed by atoms with van der Waals surface area (Å²) in [7, 11) is 0. The van der Waals surface area contributed by atoms with E-state index in [1.165, 1.54) is 0 Å². The molecule has 2 heterocycles. The molecule has 4 bridgehead atoms. The second kappa shape index (κ2) is 11.3. The zero-order valence-corrected chi connectivity index (χ0v) is 25.9. The Morgan fingerprint density at radius 2 is 0.977 bits per heavy atom. The average molecular weight is 623 g/mol. The standard InChI is InChI=1S/C32H50F4O7/c1-4-26(13-37,18-40-22-7-31(35)11-29(22,33)9-24(31)42-20-27(5-2)14-38-15-27)19-41-23-8-32(36)12-30(23,34)10-25(32)43-21-28(6-3)16-39-17-28/h22-25,37H,4-21H2,1-3H3. The van der Waals surface area contributed by atoms with Gasteiger partial charge in [-0.3, -0.25) is 0 Å². The predicted octanol–water partition coefficient (Wildman–Crippen LogP) is 5.00. The van der Waals surface area contributed by atoms with Crippen LogP contribution in [0.25, 0.3) is 0 Å². The molecular weight excluding hydrogens is 572 g/mol. The van der Waals surface area contributed by atoms with E-state index < -0.39 is 52.5 Å². The van der Waals surface area contributed by atoms with E-state index in [0.717, 1.165) is 12.8 Å². The third-order valence-corrected chi connectivity index (χ3v) is 12.2. The van der Waals surface area contributed by atoms with E-state index in [0.29, 0.717) is 46.1 Å². The summed E-state index contributed by atoms with van der Waals surface area (Å²) in [5.74, 6) is 0. The monoisotopic (exact) mass is 622 g/mol. The molecular formula is C32H50F4O7. The second-order valence-corrected chi connectivity index (χ2v) is 15.2. The molecule has 8 unspecified atom stereocenters. The van der Waals surface area contributed by atoms with Crippen LogP contribution in [0.5, 0.6) is 0 Å². The molecule has 2 saturated heterocycles. The van der Waals surface area contributed by atoms with E-state index in [-0.39, 0.29) is 69.2 Å². The van der Waals surface area contributed by atoms with Gasteiger partial charge in [0.25, 0.3) is 0 Å². The van der Waals surface area contributed by atoms with Gasteiger partial charge in [0.1, 0.15) is 22.7 Å². The Kier molecular flexibility index (Phi) is 8.51. The fraction of sp³-hybridized carbons (Fsp3) is 1.00. The Labute approximate surface area is 252 Å². The molecule has 6 fully saturated rings. The Bertz CT molecular complexity index is 923. The number of ether oxygens (including phenoxy) is 6. The number of aliphatic hydroxyl groups excluding tert-OH is 1. The fourth-order valence-electron chi connectivity index (χ4n) is 8.16. The molecule has 43 heavy (non-hydrogen) atoms. The highest BCUT2D eigenvalue weighted by atomic mass is 19.2. The van der Waals surface area contributed by atoms with Crippen LogP contribution in [0, 0.1) is 16.2 Å². The molecule has 6 rings (SSSR count). The lowest BCUT2D eigenvalue weighted by atomic mass is 9.83. The van der Waals surface area contributed by atoms with Gasteiger partial charge in [0.15, 0.2) is 0 Å². The maximum absolute atomic E-state index is 16.0. The van der Waals surface area contributed by atoms with Crippen molar-refractivity contribution in [3.63, 3.8) is 0 Å². The van der Waals surface area contributed by atoms with E-state index in [2.05, 4.69) is 0 Å². The van der Waals surface area contributed by atoms with Crippen molar-refractivity contribution >= 4 is 0 Å². The maximum atomic E-state index is 16.0. The van der Waals surface area contributed by atoms with Crippen LogP contribution in [0.2, 0.25) is 0 Å². The molecule has 8 atom stereocenters. The molecule has 0 aromatic heterocycles. The lowest BCUT2D eigenvalue weighted by Crippen LogP contribution is -2.50. The van der Waals surface area contributed by atoms with Gasteiger partial charge in [-0.1, -0.05) is 20.8 Å². The summed E-state index contributed by atoms with van der Waals surface area (Å²) in [6.45, 7) is 8.42. The lowest BCUT2D eigenvalue weighted by molar-refractivity contribution is -0.189. The van der Waals surface area contributed by atoms with Crippen molar-refractivity contribution in [1.82, 2.24) is 0 Å². The van der Waals surface area contributed by atoms with E-state index in [9.17, 15) is 5.11 Å². The number of fused-ring (bicyclic) bond motifs is 4. The van der Waals surface area contributed by atoms with Crippen molar-refractivity contribution in [2.24, 2.45) is 16.2 Å². The molecule has 0 aromatic carbocycles. The molecule has 4 aliphatic carbocycles. The van der Waals surface area contributed by atoms with Crippen molar-refractivity contribution in [2.75, 3.05) is 59.5 Å². The smallest absolute Gasteiger partial charge is 0.142 e. The highest BCUT2D eigenvalue weighted by Gasteiger charge is 2.70. The summed E-state index contributed by atoms with van der Waals surface area (Å²) in [5, 5.41) is 10.3. The third-order valence-electron chi connectivity index (χ3n) is 12.2. The number of hydrogen-bond donors (Lipinski definition) is 1. The number of aliphatic hydroxyl groups is 1. The van der Waals surface area contributed by atoms with Crippen molar-refractivity contribution < 1.29 is 51.1 Å². The Hall–Kier alpha value is -0.560. The highest BCUT2D eigenvalue weighted by molar-refractivity contribution is 5.19. The summed E-state index contributed by atoms with van der Waals surface area (Å²) in [6.07, 6.45) is -2.44. The van der Waals surface area contributed by atoms with Crippen LogP contribution >= 0.6 is 0 Å². The summed E-state index contributed by atoms with van der Waals surface area (Å²) in [4.78, 5) is 0. The summed E-state index contributed by atoms with van der Waals surface area (Å²) < 4.78 is 98.3. The number of hydrogen-bond acceptors (Lipinski definition) is 7. The molecule has 11 heteroatoms. The van der Waals surface area contributed by atoms with Crippen LogP contribution in [0.1, 0.15) is 78.6 Å². The SMILES string of the molecule is CCC1(COC2CC3(F)CC2(F)CC3OCC(CC)(CO)COC2CC3(F)CC2(F)CC3OCC2(CC)COC2)COC1. The van der Waals surface area contributed by atoms with Crippen LogP contribution in [-0.2, 0) is 28.4 Å². The Morgan fingerprint density at radius 1 is 0.628 bits per heavy atom. The molecule has 2 aliphatic heterocycles. The van der Waals surface area contributed by atoms with Gasteiger partial charge in [-0.15, -0.1) is 0 Å². The van der Waals surface area contributed by atoms with Crippen molar-refractivity contribution in [3.05, 3.63) is 0 Å². The van der Waals surface area contributed by atoms with Gasteiger partial charge in [-0.2, -0.15) is 0 Å². The van der Waals surface area contributed by atoms with Gasteiger partial charge in [0.05, 0.1) is 83.9 Å². The molecule has 0 radical (unpaired) electrons. The maximum Gasteiger partial charge on any atom is 0.142 e. The van der Waals surface area contributed by atoms with E-state index in [1.807, 2.05) is 20.8 Å². The van der Waals surface area contributed by atoms with Crippen LogP contribution in [0.15, 0.2) is 0 Å². The molecule has 4 saturated carbocycles. The van der Waals surface area contributed by atoms with Crippen molar-refractivity contribution in [3.8, 4) is 0 Å². The minimum atomic E-state index is -1.87. The molecule has 7 nitrogen and oxygen atoms in total. The number of alkyl halides is 4. The van der Waals surface area contributed by atoms with Gasteiger partial charge in [-0.25, -0.2) is 17.6 Å². The van der Waals surface area contributed by atoms with Crippen molar-refractivity contribution in [1.29, 1.82) is 0 Å². The first kappa shape index (κ1) is 32.4. The van der Waals surface area contributed by atoms with Gasteiger partial charge in [-0.05, 0) is 19.3 Å². The lowest BCUT2D eigenvalue weighted by Gasteiger charge is -2.43. The van der Waals surface area contributed by atoms with E-state index in [4.69, 9.17) is 28.4 Å². The molecule has 1 N–H and O–H groups in total. The second-order valence-electron chi connectivity index (χ2n) is 15.2. The topological polar surface area (TPSA) is 75.6 Å². The van der Waals surface area contributed by atoms with E-state index >= 15 is 17.6 Å². The van der Waals surface area contributed by atoms with Crippen LogP contribution in [0.3, 0.4) is 0 Å². The van der Waals surface area contributed by atoms with Gasteiger partial charge < -0.3 is 33.5 Å². The summed E-state index contributed by atoms with van der Waals surface area (Å²) in [6, 6.07) is 0. The van der Waals surface area contributed by atoms with Gasteiger partial charge >= 0.3 is 0 Å². The summed E-state index contributed by atoms with van der Waals surface area (Å²) >= 11 is 0. The van der Waals surface area contributed by atoms with Crippen LogP contribution < -0.4 is 0 Å². The Balaban J connectivity index is 1.01. The fourth-order valence-corrected chi connectivity index (χ4v) is 8.16. The van der Waals surface area contributed by atoms with Gasteiger partial charge in [0, 0.05) is 54.8 Å². The number of halogens is 4. The minimum Gasteiger partial charge on any atom is -0.396 e. The van der Waals surface area contributed by atoms with Crippen LogP contribution in [-0.4, -0.2) is 112 Å². The first-order chi connectivity index (χ1) is 20.3. The number of rotatable bonds is 16. The Morgan fingerprint density at radius 3 is 1.21 bits per heavy atom. The molecule has 248 valence electrons. The summed E-state index contributed by atoms with van der Waals surface area (Å²) in [5.41, 5.74) is -8.55. The molecule has 0 aromatic rings. The predicted molar refractivity (Wildman–Crippen MR) is 149 cm³/mol. The highest BCUT2D eigenvalue weighted by Crippen LogP contribution is 2.59. The zero-order chi connectivity index (χ0) is 30.8. The van der Waals surface area contributed by atoms with Crippen LogP contribution in [0.4, 0.5) is 17.6 Å². The van der Waals surface area contributed by atoms with E-state index in [1.54, 1.807) is 0 Å². The molecule has 0 amide bonds. The third kappa shape index (κ3) is 5.58. The average Bonchev–Trinajstić information content (AvgIpc) is 3.55. The quantitative estimate of drug-likeness (QED) is 0.243.